The summed E-state index contributed by atoms with van der Waals surface area (Å²) in [6.07, 6.45) is 0.884. The van der Waals surface area contributed by atoms with Crippen LogP contribution in [0.4, 0.5) is 17.1 Å². The summed E-state index contributed by atoms with van der Waals surface area (Å²) in [5.41, 5.74) is 8.77. The number of nitrogens with zero attached hydrogens (tertiary/aromatic N) is 1. The van der Waals surface area contributed by atoms with Crippen LogP contribution in [0.25, 0.3) is 0 Å². The highest BCUT2D eigenvalue weighted by molar-refractivity contribution is 7.89. The second-order valence-corrected chi connectivity index (χ2v) is 7.51. The Balaban J connectivity index is 1.73. The molecule has 6 heteroatoms. The highest BCUT2D eigenvalue weighted by Crippen LogP contribution is 2.38. The van der Waals surface area contributed by atoms with Crippen LogP contribution in [0.15, 0.2) is 77.7 Å². The first-order valence-electron chi connectivity index (χ1n) is 7.88. The van der Waals surface area contributed by atoms with Crippen molar-refractivity contribution in [2.75, 3.05) is 10.4 Å². The predicted octanol–water partition coefficient (Wildman–Crippen LogP) is 3.40. The van der Waals surface area contributed by atoms with E-state index in [1.165, 1.54) is 23.3 Å². The number of nitrogens with one attached hydrogen (secondary N) is 1. The molecule has 1 aliphatic heterocycles. The van der Waals surface area contributed by atoms with Crippen LogP contribution in [-0.4, -0.2) is 8.42 Å². The fourth-order valence-corrected chi connectivity index (χ4v) is 3.58. The van der Waals surface area contributed by atoms with Gasteiger partial charge in [0.15, 0.2) is 0 Å². The number of nitrogens with two attached hydrogens (primary N) is 1. The molecule has 0 spiro atoms. The number of anilines is 3. The van der Waals surface area contributed by atoms with Crippen LogP contribution in [0.2, 0.25) is 0 Å². The fourth-order valence-electron chi connectivity index (χ4n) is 3.06. The van der Waals surface area contributed by atoms with Gasteiger partial charge in [-0.15, -0.1) is 0 Å². The molecule has 0 unspecified atom stereocenters. The molecule has 0 atom stereocenters. The maximum atomic E-state index is 11.4. The number of para-hydroxylation sites is 2. The molecule has 0 fully saturated rings. The number of hydrogen-bond acceptors (Lipinski definition) is 4. The van der Waals surface area contributed by atoms with Crippen LogP contribution in [0.1, 0.15) is 11.1 Å². The Labute approximate surface area is 146 Å². The van der Waals surface area contributed by atoms with Crippen molar-refractivity contribution in [3.8, 4) is 0 Å². The third-order valence-electron chi connectivity index (χ3n) is 4.27. The lowest BCUT2D eigenvalue weighted by atomic mass is 9.97. The summed E-state index contributed by atoms with van der Waals surface area (Å²) < 4.78 is 22.8. The number of sulfonamides is 1. The highest BCUT2D eigenvalue weighted by atomic mass is 32.2. The number of fused-ring (bicyclic) bond motifs is 2. The summed E-state index contributed by atoms with van der Waals surface area (Å²) in [5.74, 6) is 0. The van der Waals surface area contributed by atoms with Crippen LogP contribution >= 0.6 is 0 Å². The molecular weight excluding hydrogens is 334 g/mol. The summed E-state index contributed by atoms with van der Waals surface area (Å²) in [6.45, 7) is 0. The Hall–Kier alpha value is -2.83. The molecule has 126 valence electrons. The van der Waals surface area contributed by atoms with E-state index in [0.29, 0.717) is 0 Å². The lowest BCUT2D eigenvalue weighted by molar-refractivity contribution is 0.598. The quantitative estimate of drug-likeness (QED) is 0.758. The van der Waals surface area contributed by atoms with Gasteiger partial charge in [0.1, 0.15) is 0 Å². The maximum Gasteiger partial charge on any atom is 0.238 e. The zero-order chi connectivity index (χ0) is 17.4. The average molecular weight is 351 g/mol. The van der Waals surface area contributed by atoms with Gasteiger partial charge >= 0.3 is 0 Å². The standard InChI is InChI=1S/C19H17N3O2S/c20-25(23,24)17-11-9-16(10-12-17)21-22-18-7-3-1-5-14(18)13-15-6-2-4-8-19(15)22/h1-12,21H,13H2,(H2,20,23,24). The van der Waals surface area contributed by atoms with E-state index in [0.717, 1.165) is 23.5 Å². The number of rotatable bonds is 3. The van der Waals surface area contributed by atoms with E-state index in [2.05, 4.69) is 29.7 Å². The Kier molecular flexibility index (Phi) is 3.71. The van der Waals surface area contributed by atoms with E-state index in [1.807, 2.05) is 29.3 Å². The normalized spacial score (nSPS) is 13.1. The molecule has 4 rings (SSSR count). The molecule has 0 aliphatic carbocycles. The Bertz CT molecular complexity index is 985. The first-order valence-corrected chi connectivity index (χ1v) is 9.42. The molecule has 0 bridgehead atoms. The molecule has 3 aromatic rings. The number of hydrogen-bond donors (Lipinski definition) is 2. The Morgan fingerprint density at radius 2 is 1.32 bits per heavy atom. The zero-order valence-corrected chi connectivity index (χ0v) is 14.2. The largest absolute Gasteiger partial charge is 0.294 e. The van der Waals surface area contributed by atoms with Gasteiger partial charge in [0, 0.05) is 6.42 Å². The summed E-state index contributed by atoms with van der Waals surface area (Å²) >= 11 is 0. The average Bonchev–Trinajstić information content (AvgIpc) is 2.61. The van der Waals surface area contributed by atoms with Gasteiger partial charge < -0.3 is 0 Å². The van der Waals surface area contributed by atoms with Gasteiger partial charge in [0.05, 0.1) is 22.0 Å². The topological polar surface area (TPSA) is 75.4 Å². The number of primary sulfonamides is 1. The highest BCUT2D eigenvalue weighted by Gasteiger charge is 2.22. The molecule has 3 N–H and O–H groups in total. The molecule has 0 radical (unpaired) electrons. The Morgan fingerprint density at radius 3 is 1.84 bits per heavy atom. The van der Waals surface area contributed by atoms with Crippen LogP contribution < -0.4 is 15.6 Å². The van der Waals surface area contributed by atoms with E-state index >= 15 is 0 Å². The molecule has 25 heavy (non-hydrogen) atoms. The smallest absolute Gasteiger partial charge is 0.238 e. The van der Waals surface area contributed by atoms with Crippen LogP contribution in [0, 0.1) is 0 Å². The van der Waals surface area contributed by atoms with Crippen molar-refractivity contribution in [1.29, 1.82) is 0 Å². The van der Waals surface area contributed by atoms with Crippen molar-refractivity contribution in [1.82, 2.24) is 0 Å². The second-order valence-electron chi connectivity index (χ2n) is 5.95. The minimum absolute atomic E-state index is 0.0949. The van der Waals surface area contributed by atoms with E-state index in [1.54, 1.807) is 12.1 Å². The van der Waals surface area contributed by atoms with Gasteiger partial charge in [-0.25, -0.2) is 13.6 Å². The first-order chi connectivity index (χ1) is 12.0. The van der Waals surface area contributed by atoms with Gasteiger partial charge in [0.2, 0.25) is 10.0 Å². The van der Waals surface area contributed by atoms with Gasteiger partial charge in [0.25, 0.3) is 0 Å². The molecule has 0 aromatic heterocycles. The van der Waals surface area contributed by atoms with Crippen molar-refractivity contribution in [3.63, 3.8) is 0 Å². The maximum absolute atomic E-state index is 11.4. The van der Waals surface area contributed by atoms with Crippen molar-refractivity contribution >= 4 is 27.1 Å². The SMILES string of the molecule is NS(=O)(=O)c1ccc(NN2c3ccccc3Cc3ccccc32)cc1. The van der Waals surface area contributed by atoms with E-state index < -0.39 is 10.0 Å². The summed E-state index contributed by atoms with van der Waals surface area (Å²) in [6, 6.07) is 22.9. The molecule has 1 heterocycles. The molecule has 0 saturated heterocycles. The molecule has 3 aromatic carbocycles. The molecule has 0 saturated carbocycles. The fraction of sp³-hybridized carbons (Fsp3) is 0.0526. The molecule has 0 amide bonds. The second kappa shape index (κ2) is 5.91. The minimum atomic E-state index is -3.69. The van der Waals surface area contributed by atoms with E-state index in [9.17, 15) is 8.42 Å². The number of hydrazine groups is 1. The van der Waals surface area contributed by atoms with Gasteiger partial charge in [-0.05, 0) is 47.5 Å². The summed E-state index contributed by atoms with van der Waals surface area (Å²) in [7, 11) is -3.69. The van der Waals surface area contributed by atoms with E-state index in [4.69, 9.17) is 5.14 Å². The third kappa shape index (κ3) is 2.97. The van der Waals surface area contributed by atoms with Crippen LogP contribution in [0.5, 0.6) is 0 Å². The lowest BCUT2D eigenvalue weighted by Crippen LogP contribution is -2.29. The first kappa shape index (κ1) is 15.7. The predicted molar refractivity (Wildman–Crippen MR) is 99.3 cm³/mol. The van der Waals surface area contributed by atoms with Crippen LogP contribution in [-0.2, 0) is 16.4 Å². The van der Waals surface area contributed by atoms with Crippen molar-refractivity contribution < 1.29 is 8.42 Å². The zero-order valence-electron chi connectivity index (χ0n) is 13.4. The van der Waals surface area contributed by atoms with Crippen molar-refractivity contribution in [3.05, 3.63) is 83.9 Å². The molecular formula is C19H17N3O2S. The lowest BCUT2D eigenvalue weighted by Gasteiger charge is -2.34. The van der Waals surface area contributed by atoms with Crippen molar-refractivity contribution in [2.45, 2.75) is 11.3 Å². The van der Waals surface area contributed by atoms with Gasteiger partial charge in [-0.3, -0.25) is 10.4 Å². The molecule has 5 nitrogen and oxygen atoms in total. The Morgan fingerprint density at radius 1 is 0.800 bits per heavy atom. The minimum Gasteiger partial charge on any atom is -0.294 e. The summed E-state index contributed by atoms with van der Waals surface area (Å²) in [4.78, 5) is 0.0949. The van der Waals surface area contributed by atoms with Crippen molar-refractivity contribution in [2.24, 2.45) is 5.14 Å². The van der Waals surface area contributed by atoms with Gasteiger partial charge in [-0.1, -0.05) is 36.4 Å². The van der Waals surface area contributed by atoms with E-state index in [-0.39, 0.29) is 4.90 Å². The monoisotopic (exact) mass is 351 g/mol. The van der Waals surface area contributed by atoms with Crippen LogP contribution in [0.3, 0.4) is 0 Å². The van der Waals surface area contributed by atoms with Gasteiger partial charge in [-0.2, -0.15) is 0 Å². The third-order valence-corrected chi connectivity index (χ3v) is 5.20. The summed E-state index contributed by atoms with van der Waals surface area (Å²) in [5, 5.41) is 7.19. The molecule has 1 aliphatic rings. The number of benzene rings is 3.